The van der Waals surface area contributed by atoms with Crippen LogP contribution in [-0.2, 0) is 6.42 Å². The van der Waals surface area contributed by atoms with Gasteiger partial charge in [-0.25, -0.2) is 0 Å². The average Bonchev–Trinajstić information content (AvgIpc) is 2.38. The highest BCUT2D eigenvalue weighted by molar-refractivity contribution is 5.14. The van der Waals surface area contributed by atoms with Gasteiger partial charge in [-0.15, -0.1) is 0 Å². The molecule has 0 saturated carbocycles. The zero-order valence-corrected chi connectivity index (χ0v) is 10.8. The first kappa shape index (κ1) is 14.2. The Morgan fingerprint density at radius 2 is 1.53 bits per heavy atom. The van der Waals surface area contributed by atoms with Crippen LogP contribution in [0, 0.1) is 0 Å². The third kappa shape index (κ3) is 7.94. The zero-order valence-electron chi connectivity index (χ0n) is 10.8. The maximum atomic E-state index is 5.44. The molecule has 0 saturated heterocycles. The molecule has 2 heteroatoms. The molecule has 0 bridgehead atoms. The Kier molecular flexibility index (Phi) is 8.61. The third-order valence-corrected chi connectivity index (χ3v) is 2.97. The van der Waals surface area contributed by atoms with Crippen molar-refractivity contribution in [2.45, 2.75) is 38.5 Å². The van der Waals surface area contributed by atoms with Crippen molar-refractivity contribution in [2.75, 3.05) is 19.6 Å². The monoisotopic (exact) mass is 234 g/mol. The lowest BCUT2D eigenvalue weighted by atomic mass is 10.1. The topological polar surface area (TPSA) is 38.0 Å². The Labute approximate surface area is 106 Å². The second-order valence-electron chi connectivity index (χ2n) is 4.54. The average molecular weight is 234 g/mol. The number of aryl methyl sites for hydroxylation is 1. The van der Waals surface area contributed by atoms with Crippen LogP contribution < -0.4 is 11.1 Å². The highest BCUT2D eigenvalue weighted by atomic mass is 14.8. The minimum Gasteiger partial charge on any atom is -0.330 e. The van der Waals surface area contributed by atoms with E-state index in [1.807, 2.05) is 0 Å². The molecule has 17 heavy (non-hydrogen) atoms. The van der Waals surface area contributed by atoms with E-state index in [9.17, 15) is 0 Å². The maximum Gasteiger partial charge on any atom is -0.00488 e. The largest absolute Gasteiger partial charge is 0.330 e. The van der Waals surface area contributed by atoms with Gasteiger partial charge in [0.15, 0.2) is 0 Å². The summed E-state index contributed by atoms with van der Waals surface area (Å²) in [5, 5.41) is 3.49. The molecule has 0 unspecified atom stereocenters. The normalized spacial score (nSPS) is 10.6. The molecule has 0 radical (unpaired) electrons. The number of unbranched alkanes of at least 4 members (excludes halogenated alkanes) is 3. The van der Waals surface area contributed by atoms with Crippen molar-refractivity contribution in [2.24, 2.45) is 5.73 Å². The van der Waals surface area contributed by atoms with Crippen LogP contribution in [-0.4, -0.2) is 19.6 Å². The molecule has 1 aromatic carbocycles. The first-order valence-electron chi connectivity index (χ1n) is 6.88. The summed E-state index contributed by atoms with van der Waals surface area (Å²) in [6.07, 6.45) is 7.43. The molecule has 0 heterocycles. The molecule has 0 fully saturated rings. The van der Waals surface area contributed by atoms with Gasteiger partial charge < -0.3 is 11.1 Å². The first-order chi connectivity index (χ1) is 8.43. The summed E-state index contributed by atoms with van der Waals surface area (Å²) in [5.74, 6) is 0. The summed E-state index contributed by atoms with van der Waals surface area (Å²) in [6.45, 7) is 3.12. The lowest BCUT2D eigenvalue weighted by molar-refractivity contribution is 0.580. The predicted molar refractivity (Wildman–Crippen MR) is 75.2 cm³/mol. The van der Waals surface area contributed by atoms with Crippen molar-refractivity contribution in [3.8, 4) is 0 Å². The fourth-order valence-corrected chi connectivity index (χ4v) is 1.92. The predicted octanol–water partition coefficient (Wildman–Crippen LogP) is 2.73. The molecule has 0 aliphatic carbocycles. The molecule has 0 spiro atoms. The van der Waals surface area contributed by atoms with Gasteiger partial charge in [0, 0.05) is 0 Å². The molecule has 0 aliphatic rings. The smallest absolute Gasteiger partial charge is 0.00488 e. The molecule has 0 aliphatic heterocycles. The Morgan fingerprint density at radius 1 is 0.824 bits per heavy atom. The van der Waals surface area contributed by atoms with Crippen molar-refractivity contribution in [1.29, 1.82) is 0 Å². The molecule has 0 atom stereocenters. The van der Waals surface area contributed by atoms with Crippen LogP contribution in [0.4, 0.5) is 0 Å². The van der Waals surface area contributed by atoms with E-state index in [0.29, 0.717) is 0 Å². The Hall–Kier alpha value is -0.860. The van der Waals surface area contributed by atoms with Crippen LogP contribution >= 0.6 is 0 Å². The third-order valence-electron chi connectivity index (χ3n) is 2.97. The number of hydrogen-bond donors (Lipinski definition) is 2. The fraction of sp³-hybridized carbons (Fsp3) is 0.600. The van der Waals surface area contributed by atoms with Crippen LogP contribution in [0.2, 0.25) is 0 Å². The van der Waals surface area contributed by atoms with Gasteiger partial charge in [0.2, 0.25) is 0 Å². The highest BCUT2D eigenvalue weighted by Crippen LogP contribution is 2.03. The van der Waals surface area contributed by atoms with Crippen LogP contribution in [0.1, 0.15) is 37.7 Å². The van der Waals surface area contributed by atoms with Gasteiger partial charge in [-0.2, -0.15) is 0 Å². The van der Waals surface area contributed by atoms with Crippen molar-refractivity contribution in [3.63, 3.8) is 0 Å². The molecule has 3 N–H and O–H groups in total. The number of benzene rings is 1. The van der Waals surface area contributed by atoms with Gasteiger partial charge in [0.05, 0.1) is 0 Å². The van der Waals surface area contributed by atoms with Crippen LogP contribution in [0.25, 0.3) is 0 Å². The summed E-state index contributed by atoms with van der Waals surface area (Å²) in [4.78, 5) is 0. The number of nitrogens with one attached hydrogen (secondary N) is 1. The number of nitrogens with two attached hydrogens (primary N) is 1. The number of hydrogen-bond acceptors (Lipinski definition) is 2. The van der Waals surface area contributed by atoms with E-state index < -0.39 is 0 Å². The van der Waals surface area contributed by atoms with E-state index in [1.54, 1.807) is 0 Å². The molecule has 2 nitrogen and oxygen atoms in total. The van der Waals surface area contributed by atoms with Crippen molar-refractivity contribution < 1.29 is 0 Å². The van der Waals surface area contributed by atoms with E-state index in [1.165, 1.54) is 37.7 Å². The fourth-order valence-electron chi connectivity index (χ4n) is 1.92. The molecule has 1 rings (SSSR count). The molecule has 96 valence electrons. The molecular formula is C15H26N2. The summed E-state index contributed by atoms with van der Waals surface area (Å²) < 4.78 is 0. The lowest BCUT2D eigenvalue weighted by Crippen LogP contribution is -2.17. The van der Waals surface area contributed by atoms with Crippen molar-refractivity contribution in [3.05, 3.63) is 35.9 Å². The Bertz CT molecular complexity index is 259. The van der Waals surface area contributed by atoms with Crippen molar-refractivity contribution in [1.82, 2.24) is 5.32 Å². The number of rotatable bonds is 10. The Balaban J connectivity index is 1.85. The zero-order chi connectivity index (χ0) is 12.2. The van der Waals surface area contributed by atoms with Crippen LogP contribution in [0.3, 0.4) is 0 Å². The second kappa shape index (κ2) is 10.3. The minimum atomic E-state index is 0.830. The first-order valence-corrected chi connectivity index (χ1v) is 6.88. The summed E-state index contributed by atoms with van der Waals surface area (Å²) >= 11 is 0. The highest BCUT2D eigenvalue weighted by Gasteiger charge is 1.92. The molecule has 1 aromatic rings. The van der Waals surface area contributed by atoms with Gasteiger partial charge in [-0.3, -0.25) is 0 Å². The van der Waals surface area contributed by atoms with E-state index in [4.69, 9.17) is 5.73 Å². The van der Waals surface area contributed by atoms with Gasteiger partial charge in [-0.05, 0) is 57.3 Å². The van der Waals surface area contributed by atoms with Gasteiger partial charge in [0.1, 0.15) is 0 Å². The molecule has 0 amide bonds. The van der Waals surface area contributed by atoms with E-state index in [-0.39, 0.29) is 0 Å². The SMILES string of the molecule is NCCCCCNCCCCc1ccccc1. The summed E-state index contributed by atoms with van der Waals surface area (Å²) in [6, 6.07) is 10.7. The molecular weight excluding hydrogens is 208 g/mol. The van der Waals surface area contributed by atoms with Crippen LogP contribution in [0.15, 0.2) is 30.3 Å². The minimum absolute atomic E-state index is 0.830. The van der Waals surface area contributed by atoms with Crippen LogP contribution in [0.5, 0.6) is 0 Å². The van der Waals surface area contributed by atoms with E-state index in [0.717, 1.165) is 26.1 Å². The van der Waals surface area contributed by atoms with Gasteiger partial charge in [0.25, 0.3) is 0 Å². The lowest BCUT2D eigenvalue weighted by Gasteiger charge is -2.04. The quantitative estimate of drug-likeness (QED) is 0.611. The van der Waals surface area contributed by atoms with Gasteiger partial charge in [-0.1, -0.05) is 36.8 Å². The standard InChI is InChI=1S/C15H26N2/c16-12-6-2-7-13-17-14-8-5-11-15-9-3-1-4-10-15/h1,3-4,9-10,17H,2,5-8,11-14,16H2. The van der Waals surface area contributed by atoms with Gasteiger partial charge >= 0.3 is 0 Å². The summed E-state index contributed by atoms with van der Waals surface area (Å²) in [5.41, 5.74) is 6.90. The second-order valence-corrected chi connectivity index (χ2v) is 4.54. The van der Waals surface area contributed by atoms with E-state index in [2.05, 4.69) is 35.6 Å². The maximum absolute atomic E-state index is 5.44. The van der Waals surface area contributed by atoms with Crippen molar-refractivity contribution >= 4 is 0 Å². The molecule has 0 aromatic heterocycles. The summed E-state index contributed by atoms with van der Waals surface area (Å²) in [7, 11) is 0. The Morgan fingerprint density at radius 3 is 2.24 bits per heavy atom. The van der Waals surface area contributed by atoms with E-state index >= 15 is 0 Å².